The third-order valence-corrected chi connectivity index (χ3v) is 6.16. The van der Waals surface area contributed by atoms with Gasteiger partial charge in [0.1, 0.15) is 17.2 Å². The molecule has 9 heteroatoms. The van der Waals surface area contributed by atoms with Crippen LogP contribution in [0.2, 0.25) is 0 Å². The fraction of sp³-hybridized carbons (Fsp3) is 0.667. The molecule has 1 saturated heterocycles. The lowest BCUT2D eigenvalue weighted by atomic mass is 9.84. The lowest BCUT2D eigenvalue weighted by Gasteiger charge is -2.37. The second-order valence-electron chi connectivity index (χ2n) is 8.32. The number of carbonyl (C=O) groups is 1. The Kier molecular flexibility index (Phi) is 7.21. The van der Waals surface area contributed by atoms with E-state index in [1.165, 1.54) is 0 Å². The summed E-state index contributed by atoms with van der Waals surface area (Å²) in [5.74, 6) is -2.50. The first-order chi connectivity index (χ1) is 14.1. The van der Waals surface area contributed by atoms with Crippen molar-refractivity contribution >= 4 is 11.6 Å². The Morgan fingerprint density at radius 1 is 1.03 bits per heavy atom. The average Bonchev–Trinajstić information content (AvgIpc) is 2.66. The molecule has 30 heavy (non-hydrogen) atoms. The lowest BCUT2D eigenvalue weighted by molar-refractivity contribution is -0.142. The minimum absolute atomic E-state index is 0.0177. The van der Waals surface area contributed by atoms with E-state index in [-0.39, 0.29) is 17.6 Å². The van der Waals surface area contributed by atoms with Gasteiger partial charge in [0.05, 0.1) is 0 Å². The van der Waals surface area contributed by atoms with Crippen molar-refractivity contribution in [3.05, 3.63) is 29.3 Å². The fourth-order valence-electron chi connectivity index (χ4n) is 4.49. The molecule has 2 fully saturated rings. The number of nitrogens with one attached hydrogen (secondary N) is 1. The minimum Gasteiger partial charge on any atom is -0.369 e. The number of nitrogens with zero attached hydrogens (tertiary/aromatic N) is 2. The maximum Gasteiger partial charge on any atom is 0.422 e. The zero-order chi connectivity index (χ0) is 21.9. The van der Waals surface area contributed by atoms with Crippen LogP contribution in [-0.2, 0) is 11.0 Å². The van der Waals surface area contributed by atoms with Crippen molar-refractivity contribution in [3.63, 3.8) is 0 Å². The molecule has 1 aromatic rings. The largest absolute Gasteiger partial charge is 0.422 e. The minimum atomic E-state index is -5.05. The molecule has 0 bridgehead atoms. The molecule has 168 valence electrons. The number of piperazine rings is 1. The predicted molar refractivity (Wildman–Crippen MR) is 104 cm³/mol. The van der Waals surface area contributed by atoms with Crippen molar-refractivity contribution in [2.45, 2.75) is 51.2 Å². The van der Waals surface area contributed by atoms with Crippen molar-refractivity contribution < 1.29 is 26.7 Å². The normalized spacial score (nSPS) is 23.5. The highest BCUT2D eigenvalue weighted by Gasteiger charge is 2.38. The van der Waals surface area contributed by atoms with Gasteiger partial charge >= 0.3 is 6.18 Å². The van der Waals surface area contributed by atoms with Gasteiger partial charge in [-0.2, -0.15) is 13.2 Å². The molecule has 3 rings (SSSR count). The van der Waals surface area contributed by atoms with Crippen molar-refractivity contribution in [2.75, 3.05) is 37.6 Å². The third kappa shape index (κ3) is 5.83. The first-order valence-electron chi connectivity index (χ1n) is 10.4. The van der Waals surface area contributed by atoms with E-state index in [1.807, 2.05) is 0 Å². The van der Waals surface area contributed by atoms with Gasteiger partial charge in [0.2, 0.25) is 5.91 Å². The van der Waals surface area contributed by atoms with Gasteiger partial charge in [-0.3, -0.25) is 9.69 Å². The van der Waals surface area contributed by atoms with E-state index in [0.29, 0.717) is 32.1 Å². The summed E-state index contributed by atoms with van der Waals surface area (Å²) >= 11 is 0. The van der Waals surface area contributed by atoms with Gasteiger partial charge in [0.25, 0.3) is 0 Å². The molecule has 0 radical (unpaired) electrons. The summed E-state index contributed by atoms with van der Waals surface area (Å²) in [5.41, 5.74) is -1.69. The number of halogens is 5. The van der Waals surface area contributed by atoms with E-state index in [0.717, 1.165) is 50.8 Å². The van der Waals surface area contributed by atoms with Crippen molar-refractivity contribution in [1.82, 2.24) is 10.2 Å². The Hall–Kier alpha value is -1.90. The molecular formula is C21H28F5N3O. The van der Waals surface area contributed by atoms with E-state index in [4.69, 9.17) is 0 Å². The van der Waals surface area contributed by atoms with Gasteiger partial charge in [-0.15, -0.1) is 0 Å². The smallest absolute Gasteiger partial charge is 0.369 e. The van der Waals surface area contributed by atoms with E-state index in [1.54, 1.807) is 11.8 Å². The van der Waals surface area contributed by atoms with Crippen LogP contribution in [0.3, 0.4) is 0 Å². The first kappa shape index (κ1) is 22.8. The molecule has 1 saturated carbocycles. The van der Waals surface area contributed by atoms with Crippen LogP contribution in [0.1, 0.15) is 44.6 Å². The quantitative estimate of drug-likeness (QED) is 0.708. The Morgan fingerprint density at radius 2 is 1.60 bits per heavy atom. The van der Waals surface area contributed by atoms with Crippen LogP contribution in [-0.4, -0.2) is 49.6 Å². The maximum absolute atomic E-state index is 13.8. The van der Waals surface area contributed by atoms with Crippen molar-refractivity contribution in [2.24, 2.45) is 5.92 Å². The summed E-state index contributed by atoms with van der Waals surface area (Å²) in [7, 11) is 0. The Bertz CT molecular complexity index is 716. The van der Waals surface area contributed by atoms with Crippen LogP contribution >= 0.6 is 0 Å². The molecular weight excluding hydrogens is 405 g/mol. The topological polar surface area (TPSA) is 35.6 Å². The monoisotopic (exact) mass is 433 g/mol. The fourth-order valence-corrected chi connectivity index (χ4v) is 4.49. The zero-order valence-corrected chi connectivity index (χ0v) is 17.1. The number of alkyl halides is 3. The number of anilines is 1. The van der Waals surface area contributed by atoms with Gasteiger partial charge < -0.3 is 10.2 Å². The maximum atomic E-state index is 13.8. The molecule has 1 heterocycles. The molecule has 1 aliphatic carbocycles. The molecule has 0 atom stereocenters. The number of carbonyl (C=O) groups excluding carboxylic acids is 1. The molecule has 0 aromatic heterocycles. The second-order valence-corrected chi connectivity index (χ2v) is 8.32. The average molecular weight is 433 g/mol. The first-order valence-corrected chi connectivity index (χ1v) is 10.4. The predicted octanol–water partition coefficient (Wildman–Crippen LogP) is 4.19. The summed E-state index contributed by atoms with van der Waals surface area (Å²) in [6.07, 6.45) is 0.208. The van der Waals surface area contributed by atoms with E-state index < -0.39 is 23.4 Å². The molecule has 0 spiro atoms. The number of benzene rings is 1. The van der Waals surface area contributed by atoms with E-state index in [9.17, 15) is 26.7 Å². The van der Waals surface area contributed by atoms with Crippen molar-refractivity contribution in [1.29, 1.82) is 0 Å². The van der Waals surface area contributed by atoms with Crippen LogP contribution in [0, 0.1) is 17.6 Å². The molecule has 1 aliphatic heterocycles. The van der Waals surface area contributed by atoms with Crippen LogP contribution in [0.15, 0.2) is 12.1 Å². The number of rotatable bonds is 5. The molecule has 2 aliphatic rings. The van der Waals surface area contributed by atoms with Gasteiger partial charge in [-0.1, -0.05) is 0 Å². The zero-order valence-electron chi connectivity index (χ0n) is 17.1. The van der Waals surface area contributed by atoms with E-state index in [2.05, 4.69) is 10.2 Å². The summed E-state index contributed by atoms with van der Waals surface area (Å²) < 4.78 is 65.9. The van der Waals surface area contributed by atoms with Crippen LogP contribution in [0.4, 0.5) is 27.6 Å². The third-order valence-electron chi connectivity index (χ3n) is 6.16. The Labute approximate surface area is 173 Å². The Morgan fingerprint density at radius 3 is 2.10 bits per heavy atom. The van der Waals surface area contributed by atoms with Crippen LogP contribution in [0.25, 0.3) is 0 Å². The van der Waals surface area contributed by atoms with Crippen molar-refractivity contribution in [3.8, 4) is 0 Å². The summed E-state index contributed by atoms with van der Waals surface area (Å²) in [6.45, 7) is 4.90. The number of amides is 1. The Balaban J connectivity index is 1.45. The van der Waals surface area contributed by atoms with Gasteiger partial charge in [-0.05, 0) is 56.7 Å². The van der Waals surface area contributed by atoms with Crippen LogP contribution in [0.5, 0.6) is 0 Å². The highest BCUT2D eigenvalue weighted by atomic mass is 19.4. The van der Waals surface area contributed by atoms with E-state index >= 15 is 0 Å². The summed E-state index contributed by atoms with van der Waals surface area (Å²) in [4.78, 5) is 15.1. The highest BCUT2D eigenvalue weighted by molar-refractivity contribution is 5.73. The second kappa shape index (κ2) is 9.49. The molecule has 1 N–H and O–H groups in total. The molecule has 4 nitrogen and oxygen atoms in total. The standard InChI is InChI=1S/C21H28F5N3O/c1-14(30)27-16-4-2-15(3-5-16)6-7-28-8-10-29(11-9-28)17-12-18(22)20(19(23)13-17)21(24,25)26/h12-13,15-16H,2-11H2,1H3,(H,27,30). The summed E-state index contributed by atoms with van der Waals surface area (Å²) in [6, 6.07) is 1.83. The molecule has 1 aromatic carbocycles. The van der Waals surface area contributed by atoms with Gasteiger partial charge in [-0.25, -0.2) is 8.78 Å². The molecule has 0 unspecified atom stereocenters. The number of hydrogen-bond acceptors (Lipinski definition) is 3. The number of hydrogen-bond donors (Lipinski definition) is 1. The SMILES string of the molecule is CC(=O)NC1CCC(CCN2CCN(c3cc(F)c(C(F)(F)F)c(F)c3)CC2)CC1. The summed E-state index contributed by atoms with van der Waals surface area (Å²) in [5, 5.41) is 2.98. The van der Waals surface area contributed by atoms with Crippen LogP contribution < -0.4 is 10.2 Å². The molecule has 1 amide bonds. The highest BCUT2D eigenvalue weighted by Crippen LogP contribution is 2.35. The van der Waals surface area contributed by atoms with Gasteiger partial charge in [0.15, 0.2) is 0 Å². The lowest BCUT2D eigenvalue weighted by Crippen LogP contribution is -2.47. The van der Waals surface area contributed by atoms with Gasteiger partial charge in [0, 0.05) is 44.8 Å².